The van der Waals surface area contributed by atoms with E-state index in [9.17, 15) is 30.6 Å². The average Bonchev–Trinajstić information content (AvgIpc) is 2.81. The molecular weight excluding hydrogens is 320 g/mol. The minimum absolute atomic E-state index is 0.738. The van der Waals surface area contributed by atoms with E-state index < -0.39 is 74.6 Å². The predicted molar refractivity (Wildman–Crippen MR) is 68.6 cm³/mol. The van der Waals surface area contributed by atoms with Crippen molar-refractivity contribution in [2.24, 2.45) is 0 Å². The van der Waals surface area contributed by atoms with Crippen LogP contribution >= 0.6 is 0 Å². The first-order valence-electron chi connectivity index (χ1n) is 7.44. The maximum Gasteiger partial charge on any atom is 0.224 e. The van der Waals surface area contributed by atoms with E-state index in [1.165, 1.54) is 0 Å². The fraction of sp³-hybridized carbons (Fsp3) is 1.00. The fourth-order valence-corrected chi connectivity index (χ4v) is 2.49. The van der Waals surface area contributed by atoms with Gasteiger partial charge in [0.2, 0.25) is 5.79 Å². The van der Waals surface area contributed by atoms with Crippen molar-refractivity contribution in [2.75, 3.05) is 19.8 Å². The van der Waals surface area contributed by atoms with E-state index in [4.69, 9.17) is 25.8 Å². The molecule has 9 atom stereocenters. The Kier molecular flexibility index (Phi) is 5.45. The number of aliphatic hydroxyl groups excluding tert-OH is 8. The first-order chi connectivity index (χ1) is 11.2. The van der Waals surface area contributed by atoms with Crippen molar-refractivity contribution in [3.63, 3.8) is 0 Å². The van der Waals surface area contributed by atoms with E-state index in [2.05, 4.69) is 0 Å². The summed E-state index contributed by atoms with van der Waals surface area (Å²) in [4.78, 5) is 0. The normalized spacial score (nSPS) is 55.0. The van der Waals surface area contributed by atoms with Crippen LogP contribution in [0.3, 0.4) is 0 Å². The molecule has 0 aromatic heterocycles. The van der Waals surface area contributed by atoms with E-state index in [0.717, 1.165) is 0 Å². The van der Waals surface area contributed by atoms with E-state index in [0.29, 0.717) is 0 Å². The molecule has 0 aromatic rings. The van der Waals surface area contributed by atoms with Crippen LogP contribution in [-0.4, -0.2) is 115 Å². The summed E-state index contributed by atoms with van der Waals surface area (Å²) < 4.78 is 23.1. The first-order valence-corrected chi connectivity index (χ1v) is 6.94. The monoisotopic (exact) mass is 343 g/mol. The van der Waals surface area contributed by atoms with Crippen molar-refractivity contribution in [2.45, 2.75) is 54.8 Å². The van der Waals surface area contributed by atoms with Gasteiger partial charge in [-0.1, -0.05) is 0 Å². The standard InChI is InChI=1S/C12H22O11/c13-1-4-6(16)8(18)9(19)11(21-4)23-12(3-15)10(20)7(17)5(2-14)22-12/h4-11,13-20H,1-3H2/t4-,5-,6-,7-,8+,9-,10+,11+,12?/m1/s1/i11D. The zero-order chi connectivity index (χ0) is 18.3. The molecule has 0 spiro atoms. The summed E-state index contributed by atoms with van der Waals surface area (Å²) >= 11 is 0. The Morgan fingerprint density at radius 1 is 0.870 bits per heavy atom. The maximum absolute atomic E-state index is 10.0. The molecule has 11 heteroatoms. The van der Waals surface area contributed by atoms with Gasteiger partial charge in [0.1, 0.15) is 49.3 Å². The highest BCUT2D eigenvalue weighted by Gasteiger charge is 2.58. The van der Waals surface area contributed by atoms with E-state index in [1.807, 2.05) is 0 Å². The summed E-state index contributed by atoms with van der Waals surface area (Å²) in [6.07, 6.45) is -15.1. The van der Waals surface area contributed by atoms with Crippen LogP contribution in [0.5, 0.6) is 0 Å². The number of hydrogen-bond donors (Lipinski definition) is 8. The fourth-order valence-electron chi connectivity index (χ4n) is 2.49. The van der Waals surface area contributed by atoms with Gasteiger partial charge >= 0.3 is 0 Å². The van der Waals surface area contributed by atoms with Crippen LogP contribution in [0.4, 0.5) is 0 Å². The van der Waals surface area contributed by atoms with Gasteiger partial charge in [-0.05, 0) is 0 Å². The van der Waals surface area contributed by atoms with Crippen LogP contribution in [0.25, 0.3) is 0 Å². The molecule has 136 valence electrons. The molecule has 2 aliphatic rings. The summed E-state index contributed by atoms with van der Waals surface area (Å²) in [5.74, 6) is -2.45. The zero-order valence-corrected chi connectivity index (χ0v) is 12.0. The third kappa shape index (κ3) is 3.23. The molecule has 8 N–H and O–H groups in total. The molecule has 23 heavy (non-hydrogen) atoms. The molecule has 2 heterocycles. The van der Waals surface area contributed by atoms with Gasteiger partial charge in [0.25, 0.3) is 0 Å². The largest absolute Gasteiger partial charge is 0.394 e. The van der Waals surface area contributed by atoms with E-state index >= 15 is 0 Å². The maximum atomic E-state index is 10.0. The topological polar surface area (TPSA) is 190 Å². The quantitative estimate of drug-likeness (QED) is 0.238. The molecule has 1 unspecified atom stereocenters. The summed E-state index contributed by atoms with van der Waals surface area (Å²) in [5.41, 5.74) is 0. The smallest absolute Gasteiger partial charge is 0.224 e. The second-order valence-electron chi connectivity index (χ2n) is 5.43. The van der Waals surface area contributed by atoms with Crippen molar-refractivity contribution >= 4 is 0 Å². The Bertz CT molecular complexity index is 439. The van der Waals surface area contributed by atoms with Crippen LogP contribution in [0.2, 0.25) is 0 Å². The minimum Gasteiger partial charge on any atom is -0.394 e. The van der Waals surface area contributed by atoms with Gasteiger partial charge in [0, 0.05) is 0 Å². The van der Waals surface area contributed by atoms with Crippen molar-refractivity contribution < 1.29 is 56.4 Å². The van der Waals surface area contributed by atoms with Crippen LogP contribution < -0.4 is 0 Å². The molecule has 2 saturated heterocycles. The second kappa shape index (κ2) is 7.21. The van der Waals surface area contributed by atoms with Gasteiger partial charge in [0.05, 0.1) is 14.6 Å². The van der Waals surface area contributed by atoms with Gasteiger partial charge in [-0.15, -0.1) is 0 Å². The van der Waals surface area contributed by atoms with E-state index in [1.54, 1.807) is 0 Å². The van der Waals surface area contributed by atoms with Crippen molar-refractivity contribution in [3.8, 4) is 0 Å². The number of aliphatic hydroxyl groups is 8. The Hall–Kier alpha value is -0.440. The number of rotatable bonds is 5. The molecular formula is C12H22O11. The van der Waals surface area contributed by atoms with Gasteiger partial charge < -0.3 is 55.1 Å². The molecule has 2 rings (SSSR count). The van der Waals surface area contributed by atoms with Crippen molar-refractivity contribution in [1.82, 2.24) is 0 Å². The third-order valence-corrected chi connectivity index (χ3v) is 3.92. The van der Waals surface area contributed by atoms with Gasteiger partial charge in [-0.3, -0.25) is 0 Å². The molecule has 11 nitrogen and oxygen atoms in total. The Morgan fingerprint density at radius 3 is 1.96 bits per heavy atom. The highest BCUT2D eigenvalue weighted by molar-refractivity contribution is 4.98. The molecule has 2 fully saturated rings. The molecule has 0 saturated carbocycles. The molecule has 0 aromatic carbocycles. The van der Waals surface area contributed by atoms with Gasteiger partial charge in [-0.2, -0.15) is 0 Å². The summed E-state index contributed by atoms with van der Waals surface area (Å²) in [7, 11) is 0. The highest BCUT2D eigenvalue weighted by atomic mass is 16.8. The zero-order valence-electron chi connectivity index (χ0n) is 13.0. The molecule has 0 amide bonds. The van der Waals surface area contributed by atoms with Crippen LogP contribution in [0, 0.1) is 0 Å². The summed E-state index contributed by atoms with van der Waals surface area (Å²) in [5, 5.41) is 76.9. The second-order valence-corrected chi connectivity index (χ2v) is 5.43. The lowest BCUT2D eigenvalue weighted by molar-refractivity contribution is -0.383. The average molecular weight is 343 g/mol. The Morgan fingerprint density at radius 2 is 1.48 bits per heavy atom. The lowest BCUT2D eigenvalue weighted by Gasteiger charge is -2.43. The highest BCUT2D eigenvalue weighted by Crippen LogP contribution is 2.35. The molecule has 0 radical (unpaired) electrons. The SMILES string of the molecule is [2H][C@@]1(OC2(CO)O[C@H](CO)[C@@H](O)[C@@H]2O)O[C@H](CO)[C@@H](O)[C@H](O)[C@H]1O. The lowest BCUT2D eigenvalue weighted by atomic mass is 9.99. The first kappa shape index (κ1) is 17.4. The number of ether oxygens (including phenoxy) is 3. The Labute approximate surface area is 132 Å². The molecule has 2 aliphatic heterocycles. The van der Waals surface area contributed by atoms with Crippen LogP contribution in [0.1, 0.15) is 1.37 Å². The molecule has 0 bridgehead atoms. The lowest BCUT2D eigenvalue weighted by Crippen LogP contribution is -2.62. The van der Waals surface area contributed by atoms with E-state index in [-0.39, 0.29) is 0 Å². The van der Waals surface area contributed by atoms with Crippen molar-refractivity contribution in [3.05, 3.63) is 0 Å². The minimum atomic E-state index is -2.86. The molecule has 0 aliphatic carbocycles. The predicted octanol–water partition coefficient (Wildman–Crippen LogP) is -5.40. The Balaban J connectivity index is 2.29. The van der Waals surface area contributed by atoms with Gasteiger partial charge in [0.15, 0.2) is 6.27 Å². The summed E-state index contributed by atoms with van der Waals surface area (Å²) in [6.45, 7) is -2.66. The third-order valence-electron chi connectivity index (χ3n) is 3.92. The van der Waals surface area contributed by atoms with Gasteiger partial charge in [-0.25, -0.2) is 0 Å². The number of hydrogen-bond acceptors (Lipinski definition) is 11. The van der Waals surface area contributed by atoms with Crippen LogP contribution in [0.15, 0.2) is 0 Å². The van der Waals surface area contributed by atoms with Crippen molar-refractivity contribution in [1.29, 1.82) is 0 Å². The summed E-state index contributed by atoms with van der Waals surface area (Å²) in [6, 6.07) is 0. The van der Waals surface area contributed by atoms with Crippen LogP contribution in [-0.2, 0) is 14.2 Å².